The van der Waals surface area contributed by atoms with E-state index in [2.05, 4.69) is 37.7 Å². The lowest BCUT2D eigenvalue weighted by atomic mass is 10.1. The summed E-state index contributed by atoms with van der Waals surface area (Å²) in [5, 5.41) is 5.76. The van der Waals surface area contributed by atoms with Gasteiger partial charge in [0.1, 0.15) is 5.60 Å². The number of methoxy groups -OCH3 is 1. The molecule has 1 rings (SSSR count). The van der Waals surface area contributed by atoms with Gasteiger partial charge in [0.15, 0.2) is 0 Å². The second-order valence-electron chi connectivity index (χ2n) is 5.58. The minimum atomic E-state index is -0.530. The molecule has 4 nitrogen and oxygen atoms in total. The molecule has 0 aliphatic rings. The summed E-state index contributed by atoms with van der Waals surface area (Å²) in [7, 11) is 3.04. The van der Waals surface area contributed by atoms with E-state index >= 15 is 0 Å². The number of benzene rings is 1. The molecule has 0 radical (unpaired) electrons. The van der Waals surface area contributed by atoms with Gasteiger partial charge in [-0.3, -0.25) is 0 Å². The van der Waals surface area contributed by atoms with Crippen LogP contribution in [0, 0.1) is 11.2 Å². The monoisotopic (exact) mass is 433 g/mol. The third-order valence-corrected chi connectivity index (χ3v) is 3.41. The Labute approximate surface area is 148 Å². The van der Waals surface area contributed by atoms with Crippen molar-refractivity contribution in [3.8, 4) is 11.2 Å². The highest BCUT2D eigenvalue weighted by Gasteiger charge is 2.20. The van der Waals surface area contributed by atoms with Crippen molar-refractivity contribution >= 4 is 36.2 Å². The number of rotatable bonds is 4. The summed E-state index contributed by atoms with van der Waals surface area (Å²) < 4.78 is 10.5. The van der Waals surface area contributed by atoms with Crippen LogP contribution in [0.25, 0.3) is 0 Å². The van der Waals surface area contributed by atoms with E-state index < -0.39 is 11.7 Å². The Bertz CT molecular complexity index is 543. The number of hydrogen-bond donors (Lipinski definition) is 1. The zero-order valence-electron chi connectivity index (χ0n) is 13.1. The summed E-state index contributed by atoms with van der Waals surface area (Å²) >= 11 is 2.13. The molecule has 22 heavy (non-hydrogen) atoms. The number of alkyl carbamates (subject to hydrolysis) is 1. The standard InChI is InChI=1S/C16H20INO3S/c1-16(2,3)21-15(19)18-14(11-20-4)13-7-5-12(6-8-13)9-10-22-17/h5-8,14H,11H2,1-4H3,(H,18,19). The van der Waals surface area contributed by atoms with Crippen LogP contribution in [0.3, 0.4) is 0 Å². The van der Waals surface area contributed by atoms with Crippen LogP contribution in [0.4, 0.5) is 4.79 Å². The summed E-state index contributed by atoms with van der Waals surface area (Å²) in [5.41, 5.74) is 1.35. The number of carbonyl (C=O) groups excluding carboxylic acids is 1. The van der Waals surface area contributed by atoms with Crippen molar-refractivity contribution in [2.75, 3.05) is 13.7 Å². The van der Waals surface area contributed by atoms with Crippen LogP contribution in [-0.2, 0) is 9.47 Å². The molecule has 0 aliphatic carbocycles. The highest BCUT2D eigenvalue weighted by Crippen LogP contribution is 2.16. The molecule has 0 saturated carbocycles. The van der Waals surface area contributed by atoms with Gasteiger partial charge in [-0.2, -0.15) is 0 Å². The van der Waals surface area contributed by atoms with E-state index in [1.165, 1.54) is 8.93 Å². The summed E-state index contributed by atoms with van der Waals surface area (Å²) in [6.07, 6.45) is -0.459. The molecule has 0 bridgehead atoms. The van der Waals surface area contributed by atoms with Gasteiger partial charge >= 0.3 is 6.09 Å². The smallest absolute Gasteiger partial charge is 0.408 e. The topological polar surface area (TPSA) is 47.6 Å². The Morgan fingerprint density at radius 3 is 2.50 bits per heavy atom. The lowest BCUT2D eigenvalue weighted by Crippen LogP contribution is -2.36. The van der Waals surface area contributed by atoms with E-state index in [4.69, 9.17) is 9.47 Å². The molecule has 0 fully saturated rings. The van der Waals surface area contributed by atoms with E-state index in [1.54, 1.807) is 7.11 Å². The third kappa shape index (κ3) is 7.38. The number of nitrogens with one attached hydrogen (secondary N) is 1. The van der Waals surface area contributed by atoms with Gasteiger partial charge in [0.05, 0.1) is 12.6 Å². The van der Waals surface area contributed by atoms with Crippen molar-refractivity contribution in [2.45, 2.75) is 32.4 Å². The average molecular weight is 433 g/mol. The van der Waals surface area contributed by atoms with Gasteiger partial charge in [-0.15, -0.1) is 0 Å². The second kappa shape index (κ2) is 9.28. The minimum Gasteiger partial charge on any atom is -0.444 e. The quantitative estimate of drug-likeness (QED) is 0.569. The van der Waals surface area contributed by atoms with Gasteiger partial charge in [0.2, 0.25) is 0 Å². The van der Waals surface area contributed by atoms with Crippen molar-refractivity contribution in [1.29, 1.82) is 0 Å². The third-order valence-electron chi connectivity index (χ3n) is 2.57. The molecule has 6 heteroatoms. The zero-order valence-corrected chi connectivity index (χ0v) is 16.1. The normalized spacial score (nSPS) is 12.0. The molecule has 1 atom stereocenters. The predicted octanol–water partition coefficient (Wildman–Crippen LogP) is 4.29. The van der Waals surface area contributed by atoms with Crippen molar-refractivity contribution in [3.63, 3.8) is 0 Å². The maximum Gasteiger partial charge on any atom is 0.408 e. The largest absolute Gasteiger partial charge is 0.444 e. The van der Waals surface area contributed by atoms with Crippen LogP contribution in [0.5, 0.6) is 0 Å². The minimum absolute atomic E-state index is 0.263. The molecule has 0 heterocycles. The molecular weight excluding hydrogens is 413 g/mol. The number of ether oxygens (including phenoxy) is 2. The highest BCUT2D eigenvalue weighted by atomic mass is 127. The van der Waals surface area contributed by atoms with E-state index in [0.717, 1.165) is 11.1 Å². The summed E-state index contributed by atoms with van der Waals surface area (Å²) in [6, 6.07) is 7.45. The van der Waals surface area contributed by atoms with E-state index in [0.29, 0.717) is 6.61 Å². The van der Waals surface area contributed by atoms with Gasteiger partial charge in [-0.05, 0) is 52.7 Å². The Kier molecular flexibility index (Phi) is 8.07. The number of amides is 1. The first-order chi connectivity index (χ1) is 10.4. The van der Waals surface area contributed by atoms with Crippen molar-refractivity contribution < 1.29 is 14.3 Å². The molecule has 1 aromatic carbocycles. The Morgan fingerprint density at radius 2 is 2.00 bits per heavy atom. The highest BCUT2D eigenvalue weighted by molar-refractivity contribution is 14.2. The predicted molar refractivity (Wildman–Crippen MR) is 98.9 cm³/mol. The zero-order chi connectivity index (χ0) is 16.6. The fourth-order valence-corrected chi connectivity index (χ4v) is 2.20. The van der Waals surface area contributed by atoms with E-state index in [-0.39, 0.29) is 6.04 Å². The van der Waals surface area contributed by atoms with Gasteiger partial charge in [0.25, 0.3) is 0 Å². The number of hydrogen-bond acceptors (Lipinski definition) is 4. The Hall–Kier alpha value is -0.910. The molecule has 1 amide bonds. The number of carbonyl (C=O) groups is 1. The summed E-state index contributed by atoms with van der Waals surface area (Å²) in [5.74, 6) is 3.03. The SMILES string of the molecule is COCC(NC(=O)OC(C)(C)C)c1ccc(C#CSI)cc1. The first kappa shape index (κ1) is 19.1. The average Bonchev–Trinajstić information content (AvgIpc) is 2.43. The molecule has 0 spiro atoms. The molecule has 1 N–H and O–H groups in total. The Morgan fingerprint density at radius 1 is 1.36 bits per heavy atom. The van der Waals surface area contributed by atoms with Crippen molar-refractivity contribution in [1.82, 2.24) is 5.32 Å². The van der Waals surface area contributed by atoms with Crippen LogP contribution in [-0.4, -0.2) is 25.4 Å². The fourth-order valence-electron chi connectivity index (χ4n) is 1.71. The van der Waals surface area contributed by atoms with Gasteiger partial charge in [-0.25, -0.2) is 4.79 Å². The Balaban J connectivity index is 2.80. The van der Waals surface area contributed by atoms with Crippen LogP contribution in [0.1, 0.15) is 37.9 Å². The first-order valence-corrected chi connectivity index (χ1v) is 10.1. The number of halogens is 1. The van der Waals surface area contributed by atoms with E-state index in [9.17, 15) is 4.79 Å². The molecule has 1 unspecified atom stereocenters. The second-order valence-corrected chi connectivity index (χ2v) is 7.26. The fraction of sp³-hybridized carbons (Fsp3) is 0.438. The van der Waals surface area contributed by atoms with Crippen LogP contribution in [0.15, 0.2) is 24.3 Å². The molecule has 0 saturated heterocycles. The molecule has 0 aromatic heterocycles. The van der Waals surface area contributed by atoms with Gasteiger partial charge in [0, 0.05) is 33.9 Å². The maximum atomic E-state index is 11.9. The van der Waals surface area contributed by atoms with Gasteiger partial charge in [-0.1, -0.05) is 18.1 Å². The van der Waals surface area contributed by atoms with Crippen LogP contribution in [0.2, 0.25) is 0 Å². The lowest BCUT2D eigenvalue weighted by Gasteiger charge is -2.23. The summed E-state index contributed by atoms with van der Waals surface area (Å²) in [6.45, 7) is 5.86. The molecule has 120 valence electrons. The van der Waals surface area contributed by atoms with E-state index in [1.807, 2.05) is 45.0 Å². The van der Waals surface area contributed by atoms with Crippen molar-refractivity contribution in [3.05, 3.63) is 35.4 Å². The maximum absolute atomic E-state index is 11.9. The first-order valence-electron chi connectivity index (χ1n) is 6.72. The van der Waals surface area contributed by atoms with Crippen molar-refractivity contribution in [2.24, 2.45) is 0 Å². The van der Waals surface area contributed by atoms with Crippen LogP contribution < -0.4 is 5.32 Å². The lowest BCUT2D eigenvalue weighted by molar-refractivity contribution is 0.0468. The van der Waals surface area contributed by atoms with Crippen LogP contribution >= 0.6 is 30.1 Å². The molecular formula is C16H20INO3S. The molecule has 0 aliphatic heterocycles. The van der Waals surface area contributed by atoms with Gasteiger partial charge < -0.3 is 14.8 Å². The molecule has 1 aromatic rings. The summed E-state index contributed by atoms with van der Waals surface area (Å²) in [4.78, 5) is 11.9.